The number of rotatable bonds is 1. The van der Waals surface area contributed by atoms with E-state index in [0.29, 0.717) is 0 Å². The molecular weight excluding hydrogens is 136 g/mol. The summed E-state index contributed by atoms with van der Waals surface area (Å²) < 4.78 is 5.22. The molecule has 0 amide bonds. The maximum Gasteiger partial charge on any atom is 0.169 e. The second-order valence-corrected chi connectivity index (χ2v) is 8.17. The largest absolute Gasteiger partial charge is 0.464 e. The molecule has 0 atom stereocenters. The van der Waals surface area contributed by atoms with Crippen molar-refractivity contribution < 1.29 is 4.12 Å². The van der Waals surface area contributed by atoms with Crippen molar-refractivity contribution in [1.29, 1.82) is 0 Å². The Bertz CT molecular complexity index is 39.9. The van der Waals surface area contributed by atoms with Gasteiger partial charge >= 0.3 is 0 Å². The molecule has 0 saturated heterocycles. The van der Waals surface area contributed by atoms with Crippen LogP contribution in [0.5, 0.6) is 0 Å². The lowest BCUT2D eigenvalue weighted by atomic mass is 11.8. The molecule has 0 aliphatic rings. The minimum absolute atomic E-state index is 0. The summed E-state index contributed by atoms with van der Waals surface area (Å²) in [6.07, 6.45) is 0. The van der Waals surface area contributed by atoms with Crippen LogP contribution < -0.4 is 0 Å². The minimum atomic E-state index is -1.07. The third-order valence-electron chi connectivity index (χ3n) is 0.612. The molecule has 0 aromatic heterocycles. The van der Waals surface area contributed by atoms with Crippen molar-refractivity contribution in [2.45, 2.75) is 19.6 Å². The first-order valence-electron chi connectivity index (χ1n) is 2.11. The van der Waals surface area contributed by atoms with Crippen molar-refractivity contribution in [3.8, 4) is 0 Å². The Kier molecular flexibility index (Phi) is 5.42. The lowest BCUT2D eigenvalue weighted by Crippen LogP contribution is -2.23. The van der Waals surface area contributed by atoms with Crippen LogP contribution in [0.4, 0.5) is 0 Å². The molecule has 0 heterocycles. The van der Waals surface area contributed by atoms with E-state index >= 15 is 0 Å². The molecule has 0 N–H and O–H groups in total. The van der Waals surface area contributed by atoms with Gasteiger partial charge in [0.25, 0.3) is 0 Å². The molecule has 0 aromatic rings. The highest BCUT2D eigenvalue weighted by Crippen LogP contribution is 1.96. The molecule has 0 radical (unpaired) electrons. The highest BCUT2D eigenvalue weighted by molar-refractivity contribution is 6.72. The van der Waals surface area contributed by atoms with Crippen molar-refractivity contribution >= 4 is 29.8 Å². The quantitative estimate of drug-likeness (QED) is 0.423. The first kappa shape index (κ1) is 10.6. The van der Waals surface area contributed by atoms with Gasteiger partial charge in [-0.1, -0.05) is 0 Å². The SMILES string of the molecule is C[Si](C)(C)O[SiH3].[SiH4]. The first-order chi connectivity index (χ1) is 2.56. The molecule has 0 spiro atoms. The van der Waals surface area contributed by atoms with E-state index in [0.717, 1.165) is 10.5 Å². The van der Waals surface area contributed by atoms with Crippen LogP contribution in [0.3, 0.4) is 0 Å². The van der Waals surface area contributed by atoms with Gasteiger partial charge < -0.3 is 4.12 Å². The van der Waals surface area contributed by atoms with E-state index in [9.17, 15) is 0 Å². The van der Waals surface area contributed by atoms with Gasteiger partial charge in [0.1, 0.15) is 10.5 Å². The molecule has 0 bridgehead atoms. The molecular formula is C3H16OSi3. The Balaban J connectivity index is 0. The number of hydrogen-bond donors (Lipinski definition) is 0. The Morgan fingerprint density at radius 2 is 1.43 bits per heavy atom. The van der Waals surface area contributed by atoms with Crippen LogP contribution in [0.2, 0.25) is 19.6 Å². The van der Waals surface area contributed by atoms with Gasteiger partial charge in [0, 0.05) is 0 Å². The summed E-state index contributed by atoms with van der Waals surface area (Å²) in [5, 5.41) is 0. The molecule has 0 aromatic carbocycles. The highest BCUT2D eigenvalue weighted by atomic mass is 28.4. The van der Waals surface area contributed by atoms with Crippen molar-refractivity contribution in [2.24, 2.45) is 0 Å². The van der Waals surface area contributed by atoms with E-state index in [1.165, 1.54) is 0 Å². The normalized spacial score (nSPS) is 10.7. The van der Waals surface area contributed by atoms with E-state index in [-0.39, 0.29) is 11.0 Å². The highest BCUT2D eigenvalue weighted by Gasteiger charge is 2.08. The van der Waals surface area contributed by atoms with Gasteiger partial charge in [0.15, 0.2) is 8.32 Å². The topological polar surface area (TPSA) is 9.23 Å². The summed E-state index contributed by atoms with van der Waals surface area (Å²) in [5.41, 5.74) is 0. The van der Waals surface area contributed by atoms with Crippen LogP contribution in [-0.4, -0.2) is 29.8 Å². The molecule has 46 valence electrons. The van der Waals surface area contributed by atoms with Gasteiger partial charge in [0.05, 0.1) is 0 Å². The third kappa shape index (κ3) is 10.8. The van der Waals surface area contributed by atoms with Gasteiger partial charge in [-0.3, -0.25) is 0 Å². The molecule has 7 heavy (non-hydrogen) atoms. The zero-order chi connectivity index (χ0) is 5.21. The van der Waals surface area contributed by atoms with Gasteiger partial charge in [0.2, 0.25) is 0 Å². The second kappa shape index (κ2) is 3.59. The van der Waals surface area contributed by atoms with E-state index in [2.05, 4.69) is 19.6 Å². The average molecular weight is 152 g/mol. The maximum absolute atomic E-state index is 5.22. The first-order valence-corrected chi connectivity index (χ1v) is 6.34. The predicted molar refractivity (Wildman–Crippen MR) is 45.7 cm³/mol. The lowest BCUT2D eigenvalue weighted by molar-refractivity contribution is 0.620. The zero-order valence-electron chi connectivity index (χ0n) is 4.91. The standard InChI is InChI=1S/C3H12OSi2.H4Si/c1-6(2,3)4-5;/h1-3,5H3;1H4. The summed E-state index contributed by atoms with van der Waals surface area (Å²) in [7, 11) is -0.160. The minimum Gasteiger partial charge on any atom is -0.464 e. The summed E-state index contributed by atoms with van der Waals surface area (Å²) in [6.45, 7) is 6.58. The van der Waals surface area contributed by atoms with E-state index in [4.69, 9.17) is 4.12 Å². The van der Waals surface area contributed by atoms with Crippen LogP contribution in [0.25, 0.3) is 0 Å². The van der Waals surface area contributed by atoms with E-state index in [1.807, 2.05) is 0 Å². The summed E-state index contributed by atoms with van der Waals surface area (Å²) >= 11 is 0. The summed E-state index contributed by atoms with van der Waals surface area (Å²) in [5.74, 6) is 0. The van der Waals surface area contributed by atoms with Gasteiger partial charge in [-0.2, -0.15) is 0 Å². The summed E-state index contributed by atoms with van der Waals surface area (Å²) in [6, 6.07) is 0. The molecule has 1 nitrogen and oxygen atoms in total. The molecule has 0 aliphatic heterocycles. The van der Waals surface area contributed by atoms with Crippen molar-refractivity contribution in [2.75, 3.05) is 0 Å². The van der Waals surface area contributed by atoms with Gasteiger partial charge in [-0.05, 0) is 30.6 Å². The maximum atomic E-state index is 5.22. The number of hydrogen-bond acceptors (Lipinski definition) is 1. The fourth-order valence-electron chi connectivity index (χ4n) is 0. The molecule has 0 unspecified atom stereocenters. The van der Waals surface area contributed by atoms with Gasteiger partial charge in [-0.25, -0.2) is 0 Å². The molecule has 0 rings (SSSR count). The van der Waals surface area contributed by atoms with E-state index < -0.39 is 8.32 Å². The van der Waals surface area contributed by atoms with Crippen LogP contribution in [0.1, 0.15) is 0 Å². The van der Waals surface area contributed by atoms with Crippen molar-refractivity contribution in [1.82, 2.24) is 0 Å². The molecule has 0 fully saturated rings. The second-order valence-electron chi connectivity index (χ2n) is 2.32. The molecule has 4 heteroatoms. The van der Waals surface area contributed by atoms with Crippen molar-refractivity contribution in [3.05, 3.63) is 0 Å². The van der Waals surface area contributed by atoms with Crippen LogP contribution in [0, 0.1) is 0 Å². The van der Waals surface area contributed by atoms with Crippen LogP contribution in [-0.2, 0) is 4.12 Å². The van der Waals surface area contributed by atoms with Crippen LogP contribution >= 0.6 is 0 Å². The predicted octanol–water partition coefficient (Wildman–Crippen LogP) is -1.33. The Hall–Kier alpha value is 0.611. The monoisotopic (exact) mass is 152 g/mol. The fourth-order valence-corrected chi connectivity index (χ4v) is 0. The average Bonchev–Trinajstić information content (AvgIpc) is 1.35. The van der Waals surface area contributed by atoms with E-state index in [1.54, 1.807) is 0 Å². The third-order valence-corrected chi connectivity index (χ3v) is 5.51. The van der Waals surface area contributed by atoms with Gasteiger partial charge in [-0.15, -0.1) is 0 Å². The Labute approximate surface area is 54.2 Å². The smallest absolute Gasteiger partial charge is 0.169 e. The van der Waals surface area contributed by atoms with Crippen molar-refractivity contribution in [3.63, 3.8) is 0 Å². The zero-order valence-corrected chi connectivity index (χ0v) is 7.91. The Morgan fingerprint density at radius 3 is 1.43 bits per heavy atom. The lowest BCUT2D eigenvalue weighted by Gasteiger charge is -2.11. The van der Waals surface area contributed by atoms with Crippen LogP contribution in [0.15, 0.2) is 0 Å². The molecule has 0 aliphatic carbocycles. The summed E-state index contributed by atoms with van der Waals surface area (Å²) in [4.78, 5) is 0. The molecule has 0 saturated carbocycles. The fraction of sp³-hybridized carbons (Fsp3) is 1.00. The Morgan fingerprint density at radius 1 is 1.29 bits per heavy atom.